The Morgan fingerprint density at radius 2 is 2.06 bits per heavy atom. The SMILES string of the molecule is Cc1ncc2c(-c3ncc(F)c(N)n3)c[nH]c2n1. The van der Waals surface area contributed by atoms with E-state index >= 15 is 0 Å². The number of aromatic amines is 1. The van der Waals surface area contributed by atoms with Gasteiger partial charge in [-0.1, -0.05) is 0 Å². The van der Waals surface area contributed by atoms with Crippen LogP contribution in [0.15, 0.2) is 18.6 Å². The number of fused-ring (bicyclic) bond motifs is 1. The maximum Gasteiger partial charge on any atom is 0.183 e. The molecule has 0 radical (unpaired) electrons. The molecule has 0 amide bonds. The largest absolute Gasteiger partial charge is 0.381 e. The minimum Gasteiger partial charge on any atom is -0.381 e. The van der Waals surface area contributed by atoms with E-state index in [9.17, 15) is 4.39 Å². The Balaban J connectivity index is 2.22. The van der Waals surface area contributed by atoms with Gasteiger partial charge in [-0.2, -0.15) is 0 Å². The zero-order valence-corrected chi connectivity index (χ0v) is 9.48. The Hall–Kier alpha value is -2.57. The van der Waals surface area contributed by atoms with Crippen LogP contribution >= 0.6 is 0 Å². The first kappa shape index (κ1) is 10.6. The lowest BCUT2D eigenvalue weighted by Crippen LogP contribution is -1.98. The van der Waals surface area contributed by atoms with Gasteiger partial charge in [0.05, 0.1) is 6.20 Å². The van der Waals surface area contributed by atoms with Crippen LogP contribution in [-0.4, -0.2) is 24.9 Å². The molecule has 0 fully saturated rings. The minimum atomic E-state index is -0.634. The summed E-state index contributed by atoms with van der Waals surface area (Å²) in [4.78, 5) is 19.2. The van der Waals surface area contributed by atoms with E-state index in [2.05, 4.69) is 24.9 Å². The number of nitrogen functional groups attached to an aromatic ring is 1. The van der Waals surface area contributed by atoms with Crippen molar-refractivity contribution < 1.29 is 4.39 Å². The summed E-state index contributed by atoms with van der Waals surface area (Å²) in [5.74, 6) is 0.191. The second kappa shape index (κ2) is 3.73. The van der Waals surface area contributed by atoms with E-state index in [-0.39, 0.29) is 5.82 Å². The number of anilines is 1. The van der Waals surface area contributed by atoms with Crippen molar-refractivity contribution in [3.63, 3.8) is 0 Å². The van der Waals surface area contributed by atoms with Crippen LogP contribution in [-0.2, 0) is 0 Å². The molecule has 0 unspecified atom stereocenters. The second-order valence-electron chi connectivity index (χ2n) is 3.81. The quantitative estimate of drug-likeness (QED) is 0.675. The van der Waals surface area contributed by atoms with Gasteiger partial charge in [-0.05, 0) is 6.92 Å². The van der Waals surface area contributed by atoms with Crippen molar-refractivity contribution in [2.75, 3.05) is 5.73 Å². The van der Waals surface area contributed by atoms with Crippen molar-refractivity contribution in [1.82, 2.24) is 24.9 Å². The molecule has 0 bridgehead atoms. The van der Waals surface area contributed by atoms with E-state index in [1.54, 1.807) is 19.3 Å². The van der Waals surface area contributed by atoms with Crippen molar-refractivity contribution in [3.8, 4) is 11.4 Å². The second-order valence-corrected chi connectivity index (χ2v) is 3.81. The van der Waals surface area contributed by atoms with Gasteiger partial charge in [0.2, 0.25) is 0 Å². The molecule has 18 heavy (non-hydrogen) atoms. The van der Waals surface area contributed by atoms with Gasteiger partial charge < -0.3 is 10.7 Å². The van der Waals surface area contributed by atoms with Gasteiger partial charge in [0.1, 0.15) is 11.5 Å². The molecule has 3 aromatic heterocycles. The van der Waals surface area contributed by atoms with Crippen molar-refractivity contribution in [3.05, 3.63) is 30.2 Å². The summed E-state index contributed by atoms with van der Waals surface area (Å²) in [6, 6.07) is 0. The van der Waals surface area contributed by atoms with Crippen LogP contribution in [0.1, 0.15) is 5.82 Å². The van der Waals surface area contributed by atoms with Crippen LogP contribution in [0, 0.1) is 12.7 Å². The molecule has 0 aliphatic heterocycles. The number of hydrogen-bond donors (Lipinski definition) is 2. The first-order valence-electron chi connectivity index (χ1n) is 5.24. The molecule has 3 N–H and O–H groups in total. The van der Waals surface area contributed by atoms with Gasteiger partial charge in [0.15, 0.2) is 17.5 Å². The van der Waals surface area contributed by atoms with Crippen LogP contribution in [0.4, 0.5) is 10.2 Å². The average molecular weight is 244 g/mol. The Kier molecular flexibility index (Phi) is 2.19. The predicted octanol–water partition coefficient (Wildman–Crippen LogP) is 1.44. The first-order chi connectivity index (χ1) is 8.65. The highest BCUT2D eigenvalue weighted by molar-refractivity contribution is 5.91. The summed E-state index contributed by atoms with van der Waals surface area (Å²) in [5, 5.41) is 0.770. The maximum absolute atomic E-state index is 13.0. The number of nitrogens with two attached hydrogens (primary N) is 1. The topological polar surface area (TPSA) is 93.4 Å². The van der Waals surface area contributed by atoms with Gasteiger partial charge in [-0.25, -0.2) is 24.3 Å². The Labute approximate surface area is 101 Å². The van der Waals surface area contributed by atoms with Crippen LogP contribution in [0.3, 0.4) is 0 Å². The molecular weight excluding hydrogens is 235 g/mol. The number of halogens is 1. The van der Waals surface area contributed by atoms with E-state index in [0.29, 0.717) is 22.9 Å². The van der Waals surface area contributed by atoms with Crippen LogP contribution in [0.5, 0.6) is 0 Å². The normalized spacial score (nSPS) is 11.0. The number of nitrogens with one attached hydrogen (secondary N) is 1. The summed E-state index contributed by atoms with van der Waals surface area (Å²) in [7, 11) is 0. The molecule has 0 saturated carbocycles. The molecule has 90 valence electrons. The number of H-pyrrole nitrogens is 1. The summed E-state index contributed by atoms with van der Waals surface area (Å²) in [6.45, 7) is 1.80. The zero-order valence-electron chi connectivity index (χ0n) is 9.48. The maximum atomic E-state index is 13.0. The molecule has 7 heteroatoms. The number of hydrogen-bond acceptors (Lipinski definition) is 5. The number of aromatic nitrogens is 5. The molecule has 0 aliphatic rings. The molecular formula is C11H9FN6. The summed E-state index contributed by atoms with van der Waals surface area (Å²) < 4.78 is 13.0. The van der Waals surface area contributed by atoms with Gasteiger partial charge >= 0.3 is 0 Å². The fourth-order valence-corrected chi connectivity index (χ4v) is 1.69. The molecule has 3 aromatic rings. The Morgan fingerprint density at radius 1 is 1.22 bits per heavy atom. The van der Waals surface area contributed by atoms with Gasteiger partial charge in [0, 0.05) is 23.3 Å². The number of rotatable bonds is 1. The standard InChI is InChI=1S/C11H9FN6/c1-5-14-2-6-7(3-15-10(6)17-5)11-16-4-8(12)9(13)18-11/h2-4H,1H3,(H2,13,16,18)(H,14,15,17). The van der Waals surface area contributed by atoms with Gasteiger partial charge in [-0.3, -0.25) is 0 Å². The lowest BCUT2D eigenvalue weighted by molar-refractivity contribution is 0.620. The lowest BCUT2D eigenvalue weighted by atomic mass is 10.2. The van der Waals surface area contributed by atoms with E-state index < -0.39 is 5.82 Å². The monoisotopic (exact) mass is 244 g/mol. The molecule has 3 rings (SSSR count). The molecule has 0 aromatic carbocycles. The van der Waals surface area contributed by atoms with E-state index in [1.165, 1.54) is 0 Å². The fourth-order valence-electron chi connectivity index (χ4n) is 1.69. The molecule has 0 saturated heterocycles. The third-order valence-electron chi connectivity index (χ3n) is 2.56. The third-order valence-corrected chi connectivity index (χ3v) is 2.56. The Bertz CT molecular complexity index is 735. The smallest absolute Gasteiger partial charge is 0.183 e. The third kappa shape index (κ3) is 1.56. The van der Waals surface area contributed by atoms with E-state index in [0.717, 1.165) is 11.6 Å². The summed E-state index contributed by atoms with van der Waals surface area (Å²) in [5.41, 5.74) is 6.80. The van der Waals surface area contributed by atoms with E-state index in [1.807, 2.05) is 0 Å². The lowest BCUT2D eigenvalue weighted by Gasteiger charge is -2.00. The van der Waals surface area contributed by atoms with Crippen molar-refractivity contribution >= 4 is 16.9 Å². The van der Waals surface area contributed by atoms with Crippen LogP contribution in [0.25, 0.3) is 22.4 Å². The summed E-state index contributed by atoms with van der Waals surface area (Å²) in [6.07, 6.45) is 4.42. The Morgan fingerprint density at radius 3 is 2.83 bits per heavy atom. The highest BCUT2D eigenvalue weighted by Gasteiger charge is 2.12. The zero-order chi connectivity index (χ0) is 12.7. The van der Waals surface area contributed by atoms with Crippen molar-refractivity contribution in [2.24, 2.45) is 0 Å². The molecule has 0 spiro atoms. The van der Waals surface area contributed by atoms with Gasteiger partial charge in [-0.15, -0.1) is 0 Å². The highest BCUT2D eigenvalue weighted by Crippen LogP contribution is 2.25. The highest BCUT2D eigenvalue weighted by atomic mass is 19.1. The minimum absolute atomic E-state index is 0.178. The predicted molar refractivity (Wildman–Crippen MR) is 64.0 cm³/mol. The molecule has 0 aliphatic carbocycles. The van der Waals surface area contributed by atoms with Gasteiger partial charge in [0.25, 0.3) is 0 Å². The molecule has 3 heterocycles. The van der Waals surface area contributed by atoms with Crippen molar-refractivity contribution in [1.29, 1.82) is 0 Å². The fraction of sp³-hybridized carbons (Fsp3) is 0.0909. The summed E-state index contributed by atoms with van der Waals surface area (Å²) >= 11 is 0. The van der Waals surface area contributed by atoms with Crippen LogP contribution < -0.4 is 5.73 Å². The van der Waals surface area contributed by atoms with E-state index in [4.69, 9.17) is 5.73 Å². The first-order valence-corrected chi connectivity index (χ1v) is 5.24. The number of aryl methyl sites for hydroxylation is 1. The average Bonchev–Trinajstić information content (AvgIpc) is 2.75. The van der Waals surface area contributed by atoms with Crippen molar-refractivity contribution in [2.45, 2.75) is 6.92 Å². The molecule has 0 atom stereocenters. The number of nitrogens with zero attached hydrogens (tertiary/aromatic N) is 4. The van der Waals surface area contributed by atoms with Crippen LogP contribution in [0.2, 0.25) is 0 Å². The molecule has 6 nitrogen and oxygen atoms in total.